The highest BCUT2D eigenvalue weighted by Crippen LogP contribution is 2.41. The van der Waals surface area contributed by atoms with Crippen LogP contribution in [0.25, 0.3) is 28.1 Å². The van der Waals surface area contributed by atoms with Crippen LogP contribution >= 0.6 is 11.3 Å². The molecule has 0 bridgehead atoms. The van der Waals surface area contributed by atoms with Crippen LogP contribution in [0.4, 0.5) is 0 Å². The van der Waals surface area contributed by atoms with E-state index in [2.05, 4.69) is 10.3 Å². The highest BCUT2D eigenvalue weighted by molar-refractivity contribution is 7.08. The van der Waals surface area contributed by atoms with Gasteiger partial charge in [0.15, 0.2) is 17.2 Å². The highest BCUT2D eigenvalue weighted by Gasteiger charge is 2.25. The molecule has 1 N–H and O–H groups in total. The Bertz CT molecular complexity index is 1300. The van der Waals surface area contributed by atoms with E-state index in [1.165, 1.54) is 4.68 Å². The summed E-state index contributed by atoms with van der Waals surface area (Å²) < 4.78 is 17.5. The molecule has 8 nitrogen and oxygen atoms in total. The lowest BCUT2D eigenvalue weighted by atomic mass is 9.96. The number of esters is 1. The average molecular weight is 466 g/mol. The summed E-state index contributed by atoms with van der Waals surface area (Å²) in [6.45, 7) is 3.65. The van der Waals surface area contributed by atoms with Crippen molar-refractivity contribution < 1.29 is 24.1 Å². The Hall–Kier alpha value is -3.85. The normalized spacial score (nSPS) is 10.8. The number of carbonyl (C=O) groups excluding carboxylic acids is 1. The summed E-state index contributed by atoms with van der Waals surface area (Å²) in [6, 6.07) is 9.18. The van der Waals surface area contributed by atoms with Gasteiger partial charge >= 0.3 is 5.97 Å². The number of aromatic nitrogens is 3. The number of hydrogen-bond donors (Lipinski definition) is 1. The van der Waals surface area contributed by atoms with E-state index in [9.17, 15) is 9.90 Å². The number of hydrogen-bond acceptors (Lipinski definition) is 8. The molecule has 33 heavy (non-hydrogen) atoms. The summed E-state index contributed by atoms with van der Waals surface area (Å²) in [5.74, 6) is 0.267. The van der Waals surface area contributed by atoms with E-state index in [1.807, 2.05) is 29.0 Å². The molecule has 4 aromatic rings. The maximum Gasteiger partial charge on any atom is 0.342 e. The monoisotopic (exact) mass is 465 g/mol. The molecule has 0 aliphatic carbocycles. The second-order valence-corrected chi connectivity index (χ2v) is 7.94. The van der Waals surface area contributed by atoms with Crippen molar-refractivity contribution in [1.29, 1.82) is 0 Å². The molecule has 0 spiro atoms. The fraction of sp³-hybridized carbons (Fsp3) is 0.208. The zero-order chi connectivity index (χ0) is 23.5. The first kappa shape index (κ1) is 22.3. The molecule has 2 heterocycles. The largest absolute Gasteiger partial charge is 0.505 e. The van der Waals surface area contributed by atoms with Gasteiger partial charge in [-0.25, -0.2) is 9.48 Å². The standard InChI is InChI=1S/C24H23N3O5S/c1-5-32-24(29)21-14(2)10-17(15-6-7-19(30-3)20(11-15)31-4)22(23(21)28)27-12-18(25-26-27)16-8-9-33-13-16/h6-13,28H,5H2,1-4H3. The van der Waals surface area contributed by atoms with Crippen LogP contribution in [0.5, 0.6) is 17.2 Å². The summed E-state index contributed by atoms with van der Waals surface area (Å²) >= 11 is 1.55. The zero-order valence-corrected chi connectivity index (χ0v) is 19.5. The molecule has 0 aliphatic heterocycles. The Kier molecular flexibility index (Phi) is 6.32. The van der Waals surface area contributed by atoms with E-state index < -0.39 is 5.97 Å². The molecule has 2 aromatic carbocycles. The van der Waals surface area contributed by atoms with Gasteiger partial charge in [0.05, 0.1) is 27.0 Å². The van der Waals surface area contributed by atoms with Gasteiger partial charge in [0.1, 0.15) is 16.9 Å². The van der Waals surface area contributed by atoms with E-state index in [1.54, 1.807) is 57.7 Å². The van der Waals surface area contributed by atoms with Gasteiger partial charge in [-0.1, -0.05) is 11.3 Å². The van der Waals surface area contributed by atoms with Gasteiger partial charge in [-0.15, -0.1) is 5.10 Å². The van der Waals surface area contributed by atoms with Crippen molar-refractivity contribution in [2.24, 2.45) is 0 Å². The third kappa shape index (κ3) is 4.14. The van der Waals surface area contributed by atoms with Crippen LogP contribution in [-0.2, 0) is 4.74 Å². The summed E-state index contributed by atoms with van der Waals surface area (Å²) in [4.78, 5) is 12.6. The summed E-state index contributed by atoms with van der Waals surface area (Å²) in [5.41, 5.74) is 3.90. The number of aromatic hydroxyl groups is 1. The fourth-order valence-electron chi connectivity index (χ4n) is 3.62. The second-order valence-electron chi connectivity index (χ2n) is 7.16. The number of phenols is 1. The van der Waals surface area contributed by atoms with Crippen molar-refractivity contribution in [2.75, 3.05) is 20.8 Å². The topological polar surface area (TPSA) is 95.7 Å². The van der Waals surface area contributed by atoms with Crippen LogP contribution < -0.4 is 9.47 Å². The molecule has 9 heteroatoms. The van der Waals surface area contributed by atoms with Gasteiger partial charge < -0.3 is 19.3 Å². The molecule has 0 radical (unpaired) electrons. The van der Waals surface area contributed by atoms with Gasteiger partial charge in [0, 0.05) is 16.5 Å². The Morgan fingerprint density at radius 2 is 1.91 bits per heavy atom. The van der Waals surface area contributed by atoms with Gasteiger partial charge in [-0.2, -0.15) is 11.3 Å². The lowest BCUT2D eigenvalue weighted by Gasteiger charge is -2.17. The number of thiophene rings is 1. The molecular weight excluding hydrogens is 442 g/mol. The minimum Gasteiger partial charge on any atom is -0.505 e. The molecular formula is C24H23N3O5S. The summed E-state index contributed by atoms with van der Waals surface area (Å²) in [7, 11) is 3.12. The van der Waals surface area contributed by atoms with Crippen molar-refractivity contribution in [3.63, 3.8) is 0 Å². The van der Waals surface area contributed by atoms with Crippen LogP contribution in [0.3, 0.4) is 0 Å². The van der Waals surface area contributed by atoms with E-state index >= 15 is 0 Å². The van der Waals surface area contributed by atoms with Crippen molar-refractivity contribution in [3.05, 3.63) is 58.4 Å². The molecule has 4 rings (SSSR count). The minimum absolute atomic E-state index is 0.0867. The fourth-order valence-corrected chi connectivity index (χ4v) is 4.27. The first-order chi connectivity index (χ1) is 16.0. The van der Waals surface area contributed by atoms with E-state index in [4.69, 9.17) is 14.2 Å². The number of ether oxygens (including phenoxy) is 3. The molecule has 2 aromatic heterocycles. The van der Waals surface area contributed by atoms with Crippen LogP contribution in [-0.4, -0.2) is 46.9 Å². The van der Waals surface area contributed by atoms with E-state index in [0.717, 1.165) is 11.1 Å². The lowest BCUT2D eigenvalue weighted by molar-refractivity contribution is 0.0522. The molecule has 0 aliphatic rings. The number of benzene rings is 2. The smallest absolute Gasteiger partial charge is 0.342 e. The zero-order valence-electron chi connectivity index (χ0n) is 18.7. The second kappa shape index (κ2) is 9.33. The SMILES string of the molecule is CCOC(=O)c1c(C)cc(-c2ccc(OC)c(OC)c2)c(-n2cc(-c3ccsc3)nn2)c1O. The van der Waals surface area contributed by atoms with Crippen LogP contribution in [0.2, 0.25) is 0 Å². The predicted octanol–water partition coefficient (Wildman–Crippen LogP) is 4.87. The Morgan fingerprint density at radius 3 is 2.58 bits per heavy atom. The number of methoxy groups -OCH3 is 2. The maximum absolute atomic E-state index is 12.6. The van der Waals surface area contributed by atoms with Crippen LogP contribution in [0.1, 0.15) is 22.8 Å². The number of aryl methyl sites for hydroxylation is 1. The number of carbonyl (C=O) groups is 1. The van der Waals surface area contributed by atoms with Crippen LogP contribution in [0.15, 0.2) is 47.3 Å². The molecule has 170 valence electrons. The molecule has 0 unspecified atom stereocenters. The predicted molar refractivity (Wildman–Crippen MR) is 126 cm³/mol. The van der Waals surface area contributed by atoms with E-state index in [-0.39, 0.29) is 17.9 Å². The van der Waals surface area contributed by atoms with Gasteiger partial charge in [0.25, 0.3) is 0 Å². The van der Waals surface area contributed by atoms with Gasteiger partial charge in [0.2, 0.25) is 0 Å². The maximum atomic E-state index is 12.6. The molecule has 0 saturated heterocycles. The third-order valence-corrected chi connectivity index (χ3v) is 5.87. The lowest BCUT2D eigenvalue weighted by Crippen LogP contribution is -2.10. The van der Waals surface area contributed by atoms with Crippen molar-refractivity contribution in [2.45, 2.75) is 13.8 Å². The van der Waals surface area contributed by atoms with Gasteiger partial charge in [-0.05, 0) is 54.6 Å². The Labute approximate surface area is 195 Å². The van der Waals surface area contributed by atoms with E-state index in [0.29, 0.717) is 34.0 Å². The van der Waals surface area contributed by atoms with Gasteiger partial charge in [-0.3, -0.25) is 0 Å². The average Bonchev–Trinajstić information content (AvgIpc) is 3.50. The molecule has 0 saturated carbocycles. The molecule has 0 atom stereocenters. The third-order valence-electron chi connectivity index (χ3n) is 5.18. The number of nitrogens with zero attached hydrogens (tertiary/aromatic N) is 3. The Morgan fingerprint density at radius 1 is 1.12 bits per heavy atom. The van der Waals surface area contributed by atoms with Crippen molar-refractivity contribution in [1.82, 2.24) is 15.0 Å². The number of phenolic OH excluding ortho intramolecular Hbond substituents is 1. The van der Waals surface area contributed by atoms with Crippen molar-refractivity contribution in [3.8, 4) is 45.3 Å². The highest BCUT2D eigenvalue weighted by atomic mass is 32.1. The first-order valence-electron chi connectivity index (χ1n) is 10.2. The number of rotatable bonds is 7. The molecule has 0 amide bonds. The van der Waals surface area contributed by atoms with Crippen LogP contribution in [0, 0.1) is 6.92 Å². The summed E-state index contributed by atoms with van der Waals surface area (Å²) in [6.07, 6.45) is 1.71. The molecule has 0 fully saturated rings. The van der Waals surface area contributed by atoms with Crippen molar-refractivity contribution >= 4 is 17.3 Å². The quantitative estimate of drug-likeness (QED) is 0.389. The first-order valence-corrected chi connectivity index (χ1v) is 11.1. The summed E-state index contributed by atoms with van der Waals surface area (Å²) in [5, 5.41) is 23.7. The Balaban J connectivity index is 1.96. The minimum atomic E-state index is -0.606.